The third kappa shape index (κ3) is 4.33. The largest absolute Gasteiger partial charge is 0.461 e. The molecule has 0 fully saturated rings. The lowest BCUT2D eigenvalue weighted by Gasteiger charge is -2.04. The van der Waals surface area contributed by atoms with Gasteiger partial charge in [-0.3, -0.25) is 4.79 Å². The van der Waals surface area contributed by atoms with E-state index in [0.29, 0.717) is 12.8 Å². The minimum atomic E-state index is -0.0232. The van der Waals surface area contributed by atoms with Gasteiger partial charge in [-0.2, -0.15) is 0 Å². The van der Waals surface area contributed by atoms with Crippen molar-refractivity contribution in [3.8, 4) is 11.3 Å². The van der Waals surface area contributed by atoms with E-state index in [4.69, 9.17) is 4.42 Å². The van der Waals surface area contributed by atoms with E-state index in [9.17, 15) is 4.79 Å². The smallest absolute Gasteiger partial charge is 0.224 e. The quantitative estimate of drug-likeness (QED) is 0.664. The Kier molecular flexibility index (Phi) is 4.93. The van der Waals surface area contributed by atoms with E-state index in [0.717, 1.165) is 27.2 Å². The third-order valence-electron chi connectivity index (χ3n) is 3.45. The minimum absolute atomic E-state index is 0.0232. The molecule has 0 aliphatic rings. The van der Waals surface area contributed by atoms with Crippen LogP contribution in [-0.4, -0.2) is 5.91 Å². The maximum Gasteiger partial charge on any atom is 0.224 e. The highest BCUT2D eigenvalue weighted by molar-refractivity contribution is 9.10. The van der Waals surface area contributed by atoms with Gasteiger partial charge in [0.15, 0.2) is 0 Å². The van der Waals surface area contributed by atoms with Crippen LogP contribution in [0.3, 0.4) is 0 Å². The highest BCUT2D eigenvalue weighted by Crippen LogP contribution is 2.22. The normalized spacial score (nSPS) is 10.5. The lowest BCUT2D eigenvalue weighted by molar-refractivity contribution is -0.116. The van der Waals surface area contributed by atoms with Crippen LogP contribution >= 0.6 is 15.9 Å². The molecule has 3 nitrogen and oxygen atoms in total. The molecule has 1 N–H and O–H groups in total. The van der Waals surface area contributed by atoms with E-state index in [1.807, 2.05) is 66.7 Å². The molecule has 0 spiro atoms. The van der Waals surface area contributed by atoms with Crippen LogP contribution in [-0.2, 0) is 11.2 Å². The number of carbonyl (C=O) groups is 1. The van der Waals surface area contributed by atoms with Gasteiger partial charge in [0.1, 0.15) is 11.5 Å². The molecule has 1 heterocycles. The molecule has 0 aliphatic carbocycles. The van der Waals surface area contributed by atoms with E-state index in [-0.39, 0.29) is 5.91 Å². The number of aryl methyl sites for hydroxylation is 1. The van der Waals surface area contributed by atoms with E-state index in [1.165, 1.54) is 0 Å². The Morgan fingerprint density at radius 1 is 0.957 bits per heavy atom. The van der Waals surface area contributed by atoms with E-state index >= 15 is 0 Å². The number of halogens is 1. The van der Waals surface area contributed by atoms with Crippen molar-refractivity contribution in [1.29, 1.82) is 0 Å². The summed E-state index contributed by atoms with van der Waals surface area (Å²) in [7, 11) is 0. The Bertz CT molecular complexity index is 779. The van der Waals surface area contributed by atoms with Gasteiger partial charge < -0.3 is 9.73 Å². The van der Waals surface area contributed by atoms with Crippen molar-refractivity contribution in [2.75, 3.05) is 5.32 Å². The average molecular weight is 370 g/mol. The SMILES string of the molecule is O=C(CCc1ccc(-c2ccccc2)o1)Nc1ccc(Br)cc1. The first-order valence-corrected chi connectivity index (χ1v) is 8.19. The fourth-order valence-corrected chi connectivity index (χ4v) is 2.53. The zero-order valence-corrected chi connectivity index (χ0v) is 14.0. The van der Waals surface area contributed by atoms with Crippen LogP contribution in [0.15, 0.2) is 75.6 Å². The van der Waals surface area contributed by atoms with Crippen LogP contribution < -0.4 is 5.32 Å². The highest BCUT2D eigenvalue weighted by atomic mass is 79.9. The molecule has 1 aromatic heterocycles. The second-order valence-electron chi connectivity index (χ2n) is 5.19. The Morgan fingerprint density at radius 3 is 2.43 bits per heavy atom. The first-order valence-electron chi connectivity index (χ1n) is 7.40. The second-order valence-corrected chi connectivity index (χ2v) is 6.10. The number of nitrogens with one attached hydrogen (secondary N) is 1. The fourth-order valence-electron chi connectivity index (χ4n) is 2.26. The number of hydrogen-bond donors (Lipinski definition) is 1. The molecule has 0 saturated carbocycles. The number of amides is 1. The molecule has 4 heteroatoms. The number of hydrogen-bond acceptors (Lipinski definition) is 2. The summed E-state index contributed by atoms with van der Waals surface area (Å²) in [4.78, 5) is 12.0. The van der Waals surface area contributed by atoms with E-state index < -0.39 is 0 Å². The Balaban J connectivity index is 1.55. The van der Waals surface area contributed by atoms with Crippen LogP contribution in [0.1, 0.15) is 12.2 Å². The summed E-state index contributed by atoms with van der Waals surface area (Å²) in [5.41, 5.74) is 1.83. The molecule has 0 aliphatic heterocycles. The summed E-state index contributed by atoms with van der Waals surface area (Å²) in [6, 6.07) is 21.3. The fraction of sp³-hybridized carbons (Fsp3) is 0.105. The number of rotatable bonds is 5. The van der Waals surface area contributed by atoms with Crippen LogP contribution in [0.4, 0.5) is 5.69 Å². The molecule has 116 valence electrons. The highest BCUT2D eigenvalue weighted by Gasteiger charge is 2.07. The number of furan rings is 1. The standard InChI is InChI=1S/C19H16BrNO2/c20-15-6-8-16(9-7-15)21-19(22)13-11-17-10-12-18(23-17)14-4-2-1-3-5-14/h1-10,12H,11,13H2,(H,21,22). The molecule has 0 radical (unpaired) electrons. The van der Waals surface area contributed by atoms with Crippen molar-refractivity contribution in [3.05, 3.63) is 77.0 Å². The molecule has 23 heavy (non-hydrogen) atoms. The predicted octanol–water partition coefficient (Wildman–Crippen LogP) is 5.28. The maximum atomic E-state index is 12.0. The van der Waals surface area contributed by atoms with E-state index in [2.05, 4.69) is 21.2 Å². The second kappa shape index (κ2) is 7.29. The van der Waals surface area contributed by atoms with Crippen LogP contribution in [0.25, 0.3) is 11.3 Å². The van der Waals surface area contributed by atoms with Crippen molar-refractivity contribution in [2.45, 2.75) is 12.8 Å². The average Bonchev–Trinajstić information content (AvgIpc) is 3.05. The summed E-state index contributed by atoms with van der Waals surface area (Å²) in [5, 5.41) is 2.88. The van der Waals surface area contributed by atoms with Gasteiger partial charge >= 0.3 is 0 Å². The topological polar surface area (TPSA) is 42.2 Å². The monoisotopic (exact) mass is 369 g/mol. The lowest BCUT2D eigenvalue weighted by atomic mass is 10.2. The van der Waals surface area contributed by atoms with Gasteiger partial charge in [-0.1, -0.05) is 46.3 Å². The Morgan fingerprint density at radius 2 is 1.70 bits per heavy atom. The zero-order valence-electron chi connectivity index (χ0n) is 12.5. The molecular formula is C19H16BrNO2. The van der Waals surface area contributed by atoms with Crippen molar-refractivity contribution in [2.24, 2.45) is 0 Å². The van der Waals surface area contributed by atoms with Crippen molar-refractivity contribution in [1.82, 2.24) is 0 Å². The zero-order chi connectivity index (χ0) is 16.1. The molecule has 0 saturated heterocycles. The van der Waals surface area contributed by atoms with Gasteiger partial charge in [0.05, 0.1) is 0 Å². The van der Waals surface area contributed by atoms with Gasteiger partial charge in [-0.15, -0.1) is 0 Å². The lowest BCUT2D eigenvalue weighted by Crippen LogP contribution is -2.11. The van der Waals surface area contributed by atoms with Gasteiger partial charge in [-0.05, 0) is 36.4 Å². The first kappa shape index (κ1) is 15.6. The molecule has 0 atom stereocenters. The van der Waals surface area contributed by atoms with Gasteiger partial charge in [0, 0.05) is 28.6 Å². The van der Waals surface area contributed by atoms with E-state index in [1.54, 1.807) is 0 Å². The van der Waals surface area contributed by atoms with Crippen molar-refractivity contribution in [3.63, 3.8) is 0 Å². The van der Waals surface area contributed by atoms with Crippen molar-refractivity contribution < 1.29 is 9.21 Å². The maximum absolute atomic E-state index is 12.0. The van der Waals surface area contributed by atoms with Gasteiger partial charge in [0.25, 0.3) is 0 Å². The van der Waals surface area contributed by atoms with Crippen LogP contribution in [0.5, 0.6) is 0 Å². The molecule has 1 amide bonds. The predicted molar refractivity (Wildman–Crippen MR) is 95.2 cm³/mol. The molecule has 2 aromatic carbocycles. The van der Waals surface area contributed by atoms with Crippen LogP contribution in [0, 0.1) is 0 Å². The first-order chi connectivity index (χ1) is 11.2. The number of carbonyl (C=O) groups excluding carboxylic acids is 1. The number of benzene rings is 2. The van der Waals surface area contributed by atoms with Gasteiger partial charge in [-0.25, -0.2) is 0 Å². The molecule has 0 bridgehead atoms. The summed E-state index contributed by atoms with van der Waals surface area (Å²) < 4.78 is 6.79. The third-order valence-corrected chi connectivity index (χ3v) is 3.98. The molecular weight excluding hydrogens is 354 g/mol. The van der Waals surface area contributed by atoms with Crippen LogP contribution in [0.2, 0.25) is 0 Å². The van der Waals surface area contributed by atoms with Gasteiger partial charge in [0.2, 0.25) is 5.91 Å². The molecule has 3 aromatic rings. The molecule has 0 unspecified atom stereocenters. The Hall–Kier alpha value is -2.33. The summed E-state index contributed by atoms with van der Waals surface area (Å²) >= 11 is 3.37. The Labute approximate surface area is 143 Å². The summed E-state index contributed by atoms with van der Waals surface area (Å²) in [6.45, 7) is 0. The molecule has 3 rings (SSSR count). The summed E-state index contributed by atoms with van der Waals surface area (Å²) in [6.07, 6.45) is 0.965. The minimum Gasteiger partial charge on any atom is -0.461 e. The number of anilines is 1. The van der Waals surface area contributed by atoms with Crippen molar-refractivity contribution >= 4 is 27.5 Å². The summed E-state index contributed by atoms with van der Waals surface area (Å²) in [5.74, 6) is 1.62.